The van der Waals surface area contributed by atoms with Crippen LogP contribution >= 0.6 is 0 Å². The molecule has 1 unspecified atom stereocenters. The molecule has 0 saturated heterocycles. The highest BCUT2D eigenvalue weighted by Crippen LogP contribution is 2.35. The van der Waals surface area contributed by atoms with Crippen molar-refractivity contribution in [2.24, 2.45) is 0 Å². The monoisotopic (exact) mass is 275 g/mol. The minimum atomic E-state index is 0.155. The summed E-state index contributed by atoms with van der Waals surface area (Å²) < 4.78 is 0. The molecule has 0 aliphatic carbocycles. The molecule has 0 bridgehead atoms. The number of para-hydroxylation sites is 1. The summed E-state index contributed by atoms with van der Waals surface area (Å²) in [7, 11) is 7.82. The van der Waals surface area contributed by atoms with Crippen LogP contribution in [0.15, 0.2) is 24.3 Å². The Balaban J connectivity index is 2.23. The lowest BCUT2D eigenvalue weighted by Crippen LogP contribution is -2.36. The summed E-state index contributed by atoms with van der Waals surface area (Å²) in [5.41, 5.74) is 2.63. The van der Waals surface area contributed by atoms with Crippen molar-refractivity contribution in [1.29, 1.82) is 0 Å². The molecule has 0 fully saturated rings. The van der Waals surface area contributed by atoms with Crippen molar-refractivity contribution in [3.63, 3.8) is 0 Å². The van der Waals surface area contributed by atoms with Gasteiger partial charge in [-0.2, -0.15) is 0 Å². The predicted octanol–water partition coefficient (Wildman–Crippen LogP) is 1.98. The molecule has 2 rings (SSSR count). The smallest absolute Gasteiger partial charge is 0.236 e. The first-order valence-electron chi connectivity index (χ1n) is 7.21. The fraction of sp³-hybridized carbons (Fsp3) is 0.562. The van der Waals surface area contributed by atoms with Gasteiger partial charge < -0.3 is 9.80 Å². The molecule has 20 heavy (non-hydrogen) atoms. The Morgan fingerprint density at radius 2 is 2.00 bits per heavy atom. The Morgan fingerprint density at radius 3 is 2.70 bits per heavy atom. The van der Waals surface area contributed by atoms with Gasteiger partial charge in [0.05, 0.1) is 6.54 Å². The highest BCUT2D eigenvalue weighted by molar-refractivity contribution is 5.77. The summed E-state index contributed by atoms with van der Waals surface area (Å²) in [5.74, 6) is 0.155. The zero-order valence-electron chi connectivity index (χ0n) is 13.0. The Bertz CT molecular complexity index is 473. The lowest BCUT2D eigenvalue weighted by Gasteiger charge is -2.29. The van der Waals surface area contributed by atoms with E-state index in [1.807, 2.05) is 21.1 Å². The highest BCUT2D eigenvalue weighted by Gasteiger charge is 2.25. The summed E-state index contributed by atoms with van der Waals surface area (Å²) >= 11 is 0. The van der Waals surface area contributed by atoms with E-state index in [4.69, 9.17) is 0 Å². The topological polar surface area (TPSA) is 26.8 Å². The van der Waals surface area contributed by atoms with Crippen LogP contribution in [0.25, 0.3) is 0 Å². The number of hydrogen-bond acceptors (Lipinski definition) is 3. The molecule has 4 nitrogen and oxygen atoms in total. The molecular formula is C16H25N3O. The van der Waals surface area contributed by atoms with Crippen molar-refractivity contribution in [3.8, 4) is 0 Å². The van der Waals surface area contributed by atoms with E-state index in [1.165, 1.54) is 11.3 Å². The number of rotatable bonds is 3. The SMILES string of the molecule is CN(C)C(=O)CN(C)C1CCCN(C)c2ccccc21. The molecule has 1 aromatic carbocycles. The van der Waals surface area contributed by atoms with Crippen LogP contribution in [0, 0.1) is 0 Å². The van der Waals surface area contributed by atoms with Crippen LogP contribution in [0.2, 0.25) is 0 Å². The van der Waals surface area contributed by atoms with Gasteiger partial charge in [0.15, 0.2) is 0 Å². The van der Waals surface area contributed by atoms with Gasteiger partial charge in [0.2, 0.25) is 5.91 Å². The summed E-state index contributed by atoms with van der Waals surface area (Å²) in [5, 5.41) is 0. The maximum absolute atomic E-state index is 11.9. The molecule has 1 aliphatic rings. The first-order valence-corrected chi connectivity index (χ1v) is 7.21. The van der Waals surface area contributed by atoms with Crippen LogP contribution in [-0.2, 0) is 4.79 Å². The highest BCUT2D eigenvalue weighted by atomic mass is 16.2. The molecule has 1 heterocycles. The molecule has 1 aliphatic heterocycles. The third-order valence-corrected chi connectivity index (χ3v) is 4.09. The van der Waals surface area contributed by atoms with Crippen molar-refractivity contribution in [2.75, 3.05) is 46.2 Å². The van der Waals surface area contributed by atoms with Crippen LogP contribution in [0.3, 0.4) is 0 Å². The number of likely N-dealkylation sites (N-methyl/N-ethyl adjacent to an activating group) is 2. The van der Waals surface area contributed by atoms with Gasteiger partial charge in [-0.3, -0.25) is 9.69 Å². The maximum atomic E-state index is 11.9. The molecule has 1 atom stereocenters. The predicted molar refractivity (Wildman–Crippen MR) is 83.0 cm³/mol. The number of nitrogens with zero attached hydrogens (tertiary/aromatic N) is 3. The summed E-state index contributed by atoms with van der Waals surface area (Å²) in [6.07, 6.45) is 2.24. The van der Waals surface area contributed by atoms with Crippen molar-refractivity contribution in [3.05, 3.63) is 29.8 Å². The van der Waals surface area contributed by atoms with Crippen LogP contribution in [-0.4, -0.2) is 57.0 Å². The van der Waals surface area contributed by atoms with E-state index in [9.17, 15) is 4.79 Å². The molecular weight excluding hydrogens is 250 g/mol. The van der Waals surface area contributed by atoms with Crippen molar-refractivity contribution in [2.45, 2.75) is 18.9 Å². The second-order valence-electron chi connectivity index (χ2n) is 5.84. The van der Waals surface area contributed by atoms with Crippen LogP contribution in [0.1, 0.15) is 24.4 Å². The quantitative estimate of drug-likeness (QED) is 0.844. The number of carbonyl (C=O) groups is 1. The Labute approximate surface area is 122 Å². The number of anilines is 1. The fourth-order valence-electron chi connectivity index (χ4n) is 2.84. The minimum Gasteiger partial charge on any atom is -0.374 e. The maximum Gasteiger partial charge on any atom is 0.236 e. The molecule has 1 aromatic rings. The fourth-order valence-corrected chi connectivity index (χ4v) is 2.84. The number of amides is 1. The second kappa shape index (κ2) is 6.27. The molecule has 1 amide bonds. The number of benzene rings is 1. The third kappa shape index (κ3) is 3.12. The Hall–Kier alpha value is -1.55. The summed E-state index contributed by atoms with van der Waals surface area (Å²) in [6.45, 7) is 1.54. The van der Waals surface area contributed by atoms with Gasteiger partial charge in [0.25, 0.3) is 0 Å². The van der Waals surface area contributed by atoms with Crippen LogP contribution in [0.4, 0.5) is 5.69 Å². The van der Waals surface area contributed by atoms with Gasteiger partial charge in [-0.1, -0.05) is 18.2 Å². The van der Waals surface area contributed by atoms with Crippen LogP contribution < -0.4 is 4.90 Å². The first kappa shape index (κ1) is 14.9. The van der Waals surface area contributed by atoms with E-state index in [-0.39, 0.29) is 5.91 Å². The number of carbonyl (C=O) groups excluding carboxylic acids is 1. The average Bonchev–Trinajstić information content (AvgIpc) is 2.58. The largest absolute Gasteiger partial charge is 0.374 e. The van der Waals surface area contributed by atoms with Crippen molar-refractivity contribution < 1.29 is 4.79 Å². The van der Waals surface area contributed by atoms with E-state index in [0.29, 0.717) is 12.6 Å². The molecule has 0 saturated carbocycles. The van der Waals surface area contributed by atoms with Crippen molar-refractivity contribution in [1.82, 2.24) is 9.80 Å². The molecule has 110 valence electrons. The molecule has 0 spiro atoms. The van der Waals surface area contributed by atoms with E-state index in [2.05, 4.69) is 41.1 Å². The van der Waals surface area contributed by atoms with Gasteiger partial charge >= 0.3 is 0 Å². The average molecular weight is 275 g/mol. The number of fused-ring (bicyclic) bond motifs is 1. The molecule has 0 radical (unpaired) electrons. The Kier molecular flexibility index (Phi) is 4.65. The Morgan fingerprint density at radius 1 is 1.30 bits per heavy atom. The standard InChI is InChI=1S/C16H25N3O/c1-17(2)16(20)12-19(4)15-10-7-11-18(3)14-9-6-5-8-13(14)15/h5-6,8-9,15H,7,10-12H2,1-4H3. The van der Waals surface area contributed by atoms with Gasteiger partial charge in [-0.05, 0) is 31.5 Å². The lowest BCUT2D eigenvalue weighted by molar-refractivity contribution is -0.130. The zero-order chi connectivity index (χ0) is 14.7. The second-order valence-corrected chi connectivity index (χ2v) is 5.84. The van der Waals surface area contributed by atoms with Gasteiger partial charge in [0, 0.05) is 39.4 Å². The van der Waals surface area contributed by atoms with Gasteiger partial charge in [-0.25, -0.2) is 0 Å². The van der Waals surface area contributed by atoms with E-state index >= 15 is 0 Å². The number of hydrogen-bond donors (Lipinski definition) is 0. The van der Waals surface area contributed by atoms with E-state index in [1.54, 1.807) is 4.90 Å². The normalized spacial score (nSPS) is 18.6. The third-order valence-electron chi connectivity index (χ3n) is 4.09. The van der Waals surface area contributed by atoms with Gasteiger partial charge in [-0.15, -0.1) is 0 Å². The summed E-state index contributed by atoms with van der Waals surface area (Å²) in [4.78, 5) is 18.1. The molecule has 0 N–H and O–H groups in total. The molecule has 0 aromatic heterocycles. The zero-order valence-corrected chi connectivity index (χ0v) is 13.0. The van der Waals surface area contributed by atoms with Gasteiger partial charge in [0.1, 0.15) is 0 Å². The van der Waals surface area contributed by atoms with E-state index in [0.717, 1.165) is 19.4 Å². The van der Waals surface area contributed by atoms with Crippen LogP contribution in [0.5, 0.6) is 0 Å². The first-order chi connectivity index (χ1) is 9.50. The van der Waals surface area contributed by atoms with Crippen molar-refractivity contribution >= 4 is 11.6 Å². The summed E-state index contributed by atoms with van der Waals surface area (Å²) in [6, 6.07) is 8.86. The molecule has 4 heteroatoms. The van der Waals surface area contributed by atoms with E-state index < -0.39 is 0 Å². The lowest BCUT2D eigenvalue weighted by atomic mass is 10.0. The minimum absolute atomic E-state index is 0.155.